The average Bonchev–Trinajstić information content (AvgIpc) is 2.40. The SMILES string of the molecule is NNC(Cc1ccc(F)c(F)c1)c1ccnc(Cl)c1. The first kappa shape index (κ1) is 13.9. The average molecular weight is 284 g/mol. The Morgan fingerprint density at radius 3 is 2.63 bits per heavy atom. The van der Waals surface area contributed by atoms with Gasteiger partial charge in [-0.1, -0.05) is 17.7 Å². The van der Waals surface area contributed by atoms with Crippen molar-refractivity contribution in [3.8, 4) is 0 Å². The minimum Gasteiger partial charge on any atom is -0.271 e. The van der Waals surface area contributed by atoms with Crippen LogP contribution in [0.4, 0.5) is 8.78 Å². The third-order valence-electron chi connectivity index (χ3n) is 2.78. The molecule has 1 aromatic heterocycles. The van der Waals surface area contributed by atoms with Gasteiger partial charge in [-0.3, -0.25) is 11.3 Å². The van der Waals surface area contributed by atoms with E-state index in [1.54, 1.807) is 18.3 Å². The van der Waals surface area contributed by atoms with Crippen LogP contribution < -0.4 is 11.3 Å². The second-order valence-corrected chi connectivity index (χ2v) is 4.47. The normalized spacial score (nSPS) is 12.4. The largest absolute Gasteiger partial charge is 0.271 e. The third kappa shape index (κ3) is 3.47. The van der Waals surface area contributed by atoms with Crippen molar-refractivity contribution in [3.05, 3.63) is 64.4 Å². The number of pyridine rings is 1. The first-order chi connectivity index (χ1) is 9.10. The second kappa shape index (κ2) is 6.06. The molecule has 0 saturated heterocycles. The highest BCUT2D eigenvalue weighted by atomic mass is 35.5. The van der Waals surface area contributed by atoms with Gasteiger partial charge in [0, 0.05) is 6.20 Å². The zero-order valence-corrected chi connectivity index (χ0v) is 10.7. The van der Waals surface area contributed by atoms with Crippen LogP contribution in [0.25, 0.3) is 0 Å². The number of hydrazine groups is 1. The first-order valence-electron chi connectivity index (χ1n) is 5.61. The highest BCUT2D eigenvalue weighted by Gasteiger charge is 2.12. The number of hydrogen-bond donors (Lipinski definition) is 2. The summed E-state index contributed by atoms with van der Waals surface area (Å²) >= 11 is 5.81. The molecular weight excluding hydrogens is 272 g/mol. The van der Waals surface area contributed by atoms with Crippen LogP contribution in [0.5, 0.6) is 0 Å². The molecule has 1 aromatic carbocycles. The number of halogens is 3. The van der Waals surface area contributed by atoms with E-state index in [1.807, 2.05) is 0 Å². The molecule has 3 nitrogen and oxygen atoms in total. The molecule has 0 aliphatic heterocycles. The van der Waals surface area contributed by atoms with Crippen LogP contribution in [0.3, 0.4) is 0 Å². The Morgan fingerprint density at radius 1 is 1.21 bits per heavy atom. The van der Waals surface area contributed by atoms with Crippen molar-refractivity contribution in [2.75, 3.05) is 0 Å². The van der Waals surface area contributed by atoms with E-state index < -0.39 is 11.6 Å². The summed E-state index contributed by atoms with van der Waals surface area (Å²) < 4.78 is 26.0. The van der Waals surface area contributed by atoms with Crippen LogP contribution in [0.2, 0.25) is 5.15 Å². The highest BCUT2D eigenvalue weighted by molar-refractivity contribution is 6.29. The molecule has 3 N–H and O–H groups in total. The molecule has 0 amide bonds. The molecule has 0 saturated carbocycles. The van der Waals surface area contributed by atoms with E-state index in [2.05, 4.69) is 10.4 Å². The summed E-state index contributed by atoms with van der Waals surface area (Å²) in [5.74, 6) is 3.75. The van der Waals surface area contributed by atoms with Gasteiger partial charge < -0.3 is 0 Å². The van der Waals surface area contributed by atoms with E-state index in [0.29, 0.717) is 17.1 Å². The van der Waals surface area contributed by atoms with Gasteiger partial charge in [0.05, 0.1) is 6.04 Å². The van der Waals surface area contributed by atoms with Gasteiger partial charge in [-0.25, -0.2) is 13.8 Å². The quantitative estimate of drug-likeness (QED) is 0.515. The smallest absolute Gasteiger partial charge is 0.159 e. The molecule has 2 rings (SSSR count). The lowest BCUT2D eigenvalue weighted by Crippen LogP contribution is -2.29. The van der Waals surface area contributed by atoms with Gasteiger partial charge in [0.15, 0.2) is 11.6 Å². The van der Waals surface area contributed by atoms with Crippen LogP contribution in [0.15, 0.2) is 36.5 Å². The molecule has 19 heavy (non-hydrogen) atoms. The fraction of sp³-hybridized carbons (Fsp3) is 0.154. The van der Waals surface area contributed by atoms with E-state index >= 15 is 0 Å². The standard InChI is InChI=1S/C13H12ClF2N3/c14-13-7-9(3-4-18-13)12(19-17)6-8-1-2-10(15)11(16)5-8/h1-5,7,12,19H,6,17H2. The molecule has 2 aromatic rings. The predicted molar refractivity (Wildman–Crippen MR) is 69.4 cm³/mol. The number of aromatic nitrogens is 1. The molecular formula is C13H12ClF2N3. The molecule has 1 atom stereocenters. The number of rotatable bonds is 4. The zero-order valence-electron chi connectivity index (χ0n) is 9.91. The summed E-state index contributed by atoms with van der Waals surface area (Å²) in [6.45, 7) is 0. The Kier molecular flexibility index (Phi) is 4.42. The van der Waals surface area contributed by atoms with Crippen LogP contribution in [0.1, 0.15) is 17.2 Å². The van der Waals surface area contributed by atoms with Crippen molar-refractivity contribution >= 4 is 11.6 Å². The van der Waals surface area contributed by atoms with Crippen LogP contribution in [-0.2, 0) is 6.42 Å². The van der Waals surface area contributed by atoms with Gasteiger partial charge in [-0.05, 0) is 41.8 Å². The van der Waals surface area contributed by atoms with Crippen molar-refractivity contribution in [3.63, 3.8) is 0 Å². The maximum Gasteiger partial charge on any atom is 0.159 e. The van der Waals surface area contributed by atoms with Gasteiger partial charge in [-0.15, -0.1) is 0 Å². The van der Waals surface area contributed by atoms with Gasteiger partial charge in [0.1, 0.15) is 5.15 Å². The minimum absolute atomic E-state index is 0.259. The van der Waals surface area contributed by atoms with E-state index in [9.17, 15) is 8.78 Å². The summed E-state index contributed by atoms with van der Waals surface area (Å²) in [5.41, 5.74) is 4.09. The van der Waals surface area contributed by atoms with E-state index in [4.69, 9.17) is 17.4 Å². The molecule has 1 heterocycles. The molecule has 0 aliphatic carbocycles. The lowest BCUT2D eigenvalue weighted by molar-refractivity contribution is 0.502. The summed E-state index contributed by atoms with van der Waals surface area (Å²) in [6, 6.07) is 6.94. The molecule has 0 aliphatic rings. The Labute approximate surface area is 114 Å². The minimum atomic E-state index is -0.874. The van der Waals surface area contributed by atoms with Crippen molar-refractivity contribution in [2.45, 2.75) is 12.5 Å². The van der Waals surface area contributed by atoms with Gasteiger partial charge in [-0.2, -0.15) is 0 Å². The lowest BCUT2D eigenvalue weighted by Gasteiger charge is -2.16. The predicted octanol–water partition coefficient (Wildman–Crippen LogP) is 2.76. The van der Waals surface area contributed by atoms with E-state index in [0.717, 1.165) is 17.7 Å². The maximum atomic E-state index is 13.1. The van der Waals surface area contributed by atoms with E-state index in [1.165, 1.54) is 6.07 Å². The lowest BCUT2D eigenvalue weighted by atomic mass is 10.0. The van der Waals surface area contributed by atoms with Crippen LogP contribution in [-0.4, -0.2) is 4.98 Å². The number of benzene rings is 1. The van der Waals surface area contributed by atoms with Gasteiger partial charge >= 0.3 is 0 Å². The van der Waals surface area contributed by atoms with E-state index in [-0.39, 0.29) is 6.04 Å². The second-order valence-electron chi connectivity index (χ2n) is 4.08. The van der Waals surface area contributed by atoms with Crippen molar-refractivity contribution in [1.82, 2.24) is 10.4 Å². The van der Waals surface area contributed by atoms with Crippen molar-refractivity contribution in [2.24, 2.45) is 5.84 Å². The molecule has 1 unspecified atom stereocenters. The molecule has 100 valence electrons. The molecule has 0 radical (unpaired) electrons. The Bertz CT molecular complexity index is 578. The number of hydrogen-bond acceptors (Lipinski definition) is 3. The summed E-state index contributed by atoms with van der Waals surface area (Å²) in [6.07, 6.45) is 1.97. The molecule has 0 fully saturated rings. The summed E-state index contributed by atoms with van der Waals surface area (Å²) in [5, 5.41) is 0.350. The topological polar surface area (TPSA) is 50.9 Å². The number of nitrogens with one attached hydrogen (secondary N) is 1. The zero-order chi connectivity index (χ0) is 13.8. The van der Waals surface area contributed by atoms with Crippen molar-refractivity contribution in [1.29, 1.82) is 0 Å². The maximum absolute atomic E-state index is 13.1. The Balaban J connectivity index is 2.21. The van der Waals surface area contributed by atoms with Crippen LogP contribution >= 0.6 is 11.6 Å². The van der Waals surface area contributed by atoms with Gasteiger partial charge in [0.25, 0.3) is 0 Å². The summed E-state index contributed by atoms with van der Waals surface area (Å²) in [4.78, 5) is 3.88. The molecule has 0 bridgehead atoms. The molecule has 0 spiro atoms. The monoisotopic (exact) mass is 283 g/mol. The van der Waals surface area contributed by atoms with Gasteiger partial charge in [0.2, 0.25) is 0 Å². The third-order valence-corrected chi connectivity index (χ3v) is 2.98. The fourth-order valence-electron chi connectivity index (χ4n) is 1.81. The first-order valence-corrected chi connectivity index (χ1v) is 5.99. The Hall–Kier alpha value is -1.56. The highest BCUT2D eigenvalue weighted by Crippen LogP contribution is 2.20. The Morgan fingerprint density at radius 2 is 2.00 bits per heavy atom. The van der Waals surface area contributed by atoms with Crippen LogP contribution in [0, 0.1) is 11.6 Å². The number of nitrogens with zero attached hydrogens (tertiary/aromatic N) is 1. The van der Waals surface area contributed by atoms with Crippen molar-refractivity contribution < 1.29 is 8.78 Å². The molecule has 6 heteroatoms. The summed E-state index contributed by atoms with van der Waals surface area (Å²) in [7, 11) is 0. The number of nitrogens with two attached hydrogens (primary N) is 1. The fourth-order valence-corrected chi connectivity index (χ4v) is 1.99.